The third-order valence-electron chi connectivity index (χ3n) is 9.23. The molecule has 1 saturated heterocycles. The number of rotatable bonds is 6. The van der Waals surface area contributed by atoms with Gasteiger partial charge in [-0.3, -0.25) is 23.9 Å². The van der Waals surface area contributed by atoms with Crippen molar-refractivity contribution in [3.63, 3.8) is 0 Å². The zero-order valence-electron chi connectivity index (χ0n) is 27.8. The predicted octanol–water partition coefficient (Wildman–Crippen LogP) is 6.74. The molecule has 3 heterocycles. The summed E-state index contributed by atoms with van der Waals surface area (Å²) in [5.74, 6) is -7.22. The second-order valence-corrected chi connectivity index (χ2v) is 13.1. The maximum absolute atomic E-state index is 15.9. The van der Waals surface area contributed by atoms with E-state index in [4.69, 9.17) is 4.74 Å². The summed E-state index contributed by atoms with van der Waals surface area (Å²) >= 11 is 0. The van der Waals surface area contributed by atoms with Gasteiger partial charge in [0, 0.05) is 35.5 Å². The van der Waals surface area contributed by atoms with Gasteiger partial charge in [0.1, 0.15) is 30.0 Å². The van der Waals surface area contributed by atoms with E-state index in [2.05, 4.69) is 5.32 Å². The number of aromatic nitrogens is 1. The fourth-order valence-electron chi connectivity index (χ4n) is 6.76. The lowest BCUT2D eigenvalue weighted by atomic mass is 9.91. The molecule has 0 unspecified atom stereocenters. The van der Waals surface area contributed by atoms with Gasteiger partial charge >= 0.3 is 12.1 Å². The second kappa shape index (κ2) is 13.7. The summed E-state index contributed by atoms with van der Waals surface area (Å²) in [6, 6.07) is 8.18. The molecule has 1 aromatic heterocycles. The molecule has 0 saturated carbocycles. The number of alkyl halides is 5. The van der Waals surface area contributed by atoms with E-state index in [9.17, 15) is 41.4 Å². The Labute approximate surface area is 292 Å². The molecule has 2 aliphatic rings. The maximum Gasteiger partial charge on any atom is 0.416 e. The molecule has 0 spiro atoms. The number of carbonyl (C=O) groups excluding carboxylic acids is 1. The number of halogens is 7. The van der Waals surface area contributed by atoms with Crippen molar-refractivity contribution in [2.24, 2.45) is 0 Å². The summed E-state index contributed by atoms with van der Waals surface area (Å²) < 4.78 is 108. The minimum absolute atomic E-state index is 0.0924. The van der Waals surface area contributed by atoms with Crippen molar-refractivity contribution in [1.82, 2.24) is 14.8 Å². The van der Waals surface area contributed by atoms with Crippen LogP contribution in [0.2, 0.25) is 0 Å². The number of ether oxygens (including phenoxy) is 1. The van der Waals surface area contributed by atoms with E-state index >= 15 is 8.78 Å². The van der Waals surface area contributed by atoms with Gasteiger partial charge in [-0.1, -0.05) is 18.2 Å². The molecular formula is C37H32F7N3O5. The Bertz CT molecular complexity index is 2120. The molecule has 1 fully saturated rings. The van der Waals surface area contributed by atoms with Crippen LogP contribution in [0, 0.1) is 25.5 Å². The van der Waals surface area contributed by atoms with Gasteiger partial charge in [0.05, 0.1) is 31.1 Å². The van der Waals surface area contributed by atoms with Crippen LogP contribution < -0.4 is 15.6 Å². The van der Waals surface area contributed by atoms with Crippen molar-refractivity contribution in [1.29, 1.82) is 0 Å². The van der Waals surface area contributed by atoms with E-state index in [0.29, 0.717) is 27.0 Å². The Hall–Kier alpha value is -5.18. The van der Waals surface area contributed by atoms with E-state index in [0.717, 1.165) is 17.8 Å². The summed E-state index contributed by atoms with van der Waals surface area (Å²) in [5, 5.41) is 12.3. The quantitative estimate of drug-likeness (QED) is 0.213. The Balaban J connectivity index is 1.55. The summed E-state index contributed by atoms with van der Waals surface area (Å²) in [6.07, 6.45) is -5.66. The molecule has 4 bridgehead atoms. The fourth-order valence-corrected chi connectivity index (χ4v) is 6.76. The molecule has 274 valence electrons. The van der Waals surface area contributed by atoms with E-state index in [1.807, 2.05) is 0 Å². The lowest BCUT2D eigenvalue weighted by Crippen LogP contribution is -2.56. The van der Waals surface area contributed by atoms with Gasteiger partial charge in [-0.25, -0.2) is 17.6 Å². The molecular weight excluding hydrogens is 699 g/mol. The summed E-state index contributed by atoms with van der Waals surface area (Å²) in [7, 11) is 0. The number of likely N-dealkylation sites (tertiary alicyclic amines) is 1. The molecule has 2 aliphatic heterocycles. The van der Waals surface area contributed by atoms with Crippen LogP contribution in [0.1, 0.15) is 57.4 Å². The van der Waals surface area contributed by atoms with E-state index in [-0.39, 0.29) is 30.3 Å². The third-order valence-corrected chi connectivity index (χ3v) is 9.23. The van der Waals surface area contributed by atoms with Gasteiger partial charge in [0.25, 0.3) is 11.5 Å². The van der Waals surface area contributed by atoms with Crippen LogP contribution in [0.25, 0.3) is 11.1 Å². The van der Waals surface area contributed by atoms with Crippen molar-refractivity contribution >= 4 is 11.9 Å². The number of nitrogens with one attached hydrogen (secondary N) is 1. The first-order valence-electron chi connectivity index (χ1n) is 16.2. The Morgan fingerprint density at radius 1 is 1.00 bits per heavy atom. The molecule has 1 amide bonds. The van der Waals surface area contributed by atoms with Gasteiger partial charge < -0.3 is 15.2 Å². The van der Waals surface area contributed by atoms with E-state index in [1.54, 1.807) is 25.1 Å². The molecule has 0 radical (unpaired) electrons. The minimum Gasteiger partial charge on any atom is -0.488 e. The van der Waals surface area contributed by atoms with Crippen LogP contribution in [-0.2, 0) is 28.8 Å². The average molecular weight is 732 g/mol. The first-order chi connectivity index (χ1) is 24.4. The molecule has 0 aliphatic carbocycles. The topological polar surface area (TPSA) is 101 Å². The number of amides is 1. The molecule has 2 atom stereocenters. The second-order valence-electron chi connectivity index (χ2n) is 13.1. The zero-order valence-corrected chi connectivity index (χ0v) is 27.8. The van der Waals surface area contributed by atoms with Crippen LogP contribution in [0.5, 0.6) is 5.75 Å². The Morgan fingerprint density at radius 3 is 2.40 bits per heavy atom. The predicted molar refractivity (Wildman–Crippen MR) is 174 cm³/mol. The lowest BCUT2D eigenvalue weighted by molar-refractivity contribution is -0.139. The van der Waals surface area contributed by atoms with Crippen LogP contribution in [0.15, 0.2) is 65.6 Å². The normalized spacial score (nSPS) is 18.8. The number of pyridine rings is 1. The van der Waals surface area contributed by atoms with E-state index in [1.165, 1.54) is 36.1 Å². The number of aryl methyl sites for hydroxylation is 2. The summed E-state index contributed by atoms with van der Waals surface area (Å²) in [4.78, 5) is 41.1. The molecule has 3 aromatic carbocycles. The van der Waals surface area contributed by atoms with Crippen molar-refractivity contribution < 1.29 is 50.2 Å². The summed E-state index contributed by atoms with van der Waals surface area (Å²) in [6.45, 7) is 1.44. The SMILES string of the molecule is Cc1cc2cc(c1F)[C@@H](CC(=O)O)NC(=O)[C@H](n1cc(CCN3CC(F)(F)C3)c(C(F)(F)F)cc1=O)c1cc(ccc1F)COc1cccc(C)c1-2. The van der Waals surface area contributed by atoms with Gasteiger partial charge in [-0.15, -0.1) is 0 Å². The van der Waals surface area contributed by atoms with Crippen LogP contribution >= 0.6 is 0 Å². The van der Waals surface area contributed by atoms with Crippen LogP contribution in [0.4, 0.5) is 30.7 Å². The molecule has 4 aromatic rings. The average Bonchev–Trinajstić information content (AvgIpc) is 3.04. The Morgan fingerprint density at radius 2 is 1.73 bits per heavy atom. The van der Waals surface area contributed by atoms with Gasteiger partial charge in [-0.2, -0.15) is 13.2 Å². The minimum atomic E-state index is -5.05. The van der Waals surface area contributed by atoms with Crippen molar-refractivity contribution in [2.75, 3.05) is 19.6 Å². The lowest BCUT2D eigenvalue weighted by Gasteiger charge is -2.38. The number of nitrogens with zero attached hydrogens (tertiary/aromatic N) is 2. The van der Waals surface area contributed by atoms with Crippen LogP contribution in [0.3, 0.4) is 0 Å². The monoisotopic (exact) mass is 731 g/mol. The standard InChI is InChI=1S/C37H32F7N3O5/c1-19-4-3-5-29-32(19)23-10-20(2)33(39)25(12-23)28(14-31(49)50)45-35(51)34(24-11-21(16-52-29)6-7-27(24)38)47-15-22(8-9-46-17-36(40,41)18-46)26(13-30(47)48)37(42,43)44/h3-7,10-13,15,28,34H,8-9,14,16-18H2,1-2H3,(H,45,51)(H,49,50)/t28-,34-/m1/s1. The maximum atomic E-state index is 15.9. The number of fused-ring (bicyclic) bond motifs is 6. The van der Waals surface area contributed by atoms with Gasteiger partial charge in [0.15, 0.2) is 0 Å². The van der Waals surface area contributed by atoms with Gasteiger partial charge in [-0.05, 0) is 78.4 Å². The number of carboxylic acid groups (broad SMARTS) is 1. The van der Waals surface area contributed by atoms with Crippen LogP contribution in [-0.4, -0.2) is 52.0 Å². The zero-order chi connectivity index (χ0) is 37.7. The number of carbonyl (C=O) groups is 2. The largest absolute Gasteiger partial charge is 0.488 e. The van der Waals surface area contributed by atoms with Crippen molar-refractivity contribution in [3.8, 4) is 16.9 Å². The number of carboxylic acids is 1. The smallest absolute Gasteiger partial charge is 0.416 e. The highest BCUT2D eigenvalue weighted by Gasteiger charge is 2.44. The number of aliphatic carboxylic acids is 1. The number of hydrogen-bond donors (Lipinski definition) is 2. The number of hydrogen-bond acceptors (Lipinski definition) is 5. The van der Waals surface area contributed by atoms with Gasteiger partial charge in [0.2, 0.25) is 5.91 Å². The third kappa shape index (κ3) is 7.40. The van der Waals surface area contributed by atoms with Crippen molar-refractivity contribution in [3.05, 3.63) is 122 Å². The molecule has 8 nitrogen and oxygen atoms in total. The summed E-state index contributed by atoms with van der Waals surface area (Å²) in [5.41, 5.74) is -1.89. The highest BCUT2D eigenvalue weighted by Crippen LogP contribution is 2.39. The molecule has 6 rings (SSSR count). The molecule has 2 N–H and O–H groups in total. The highest BCUT2D eigenvalue weighted by molar-refractivity contribution is 5.85. The molecule has 52 heavy (non-hydrogen) atoms. The molecule has 15 heteroatoms. The highest BCUT2D eigenvalue weighted by atomic mass is 19.4. The fraction of sp³-hybridized carbons (Fsp3) is 0.324. The first kappa shape index (κ1) is 36.6. The van der Waals surface area contributed by atoms with E-state index < -0.39 is 95.9 Å². The number of benzene rings is 3. The first-order valence-corrected chi connectivity index (χ1v) is 16.2. The Kier molecular flexibility index (Phi) is 9.68. The van der Waals surface area contributed by atoms with Crippen molar-refractivity contribution in [2.45, 2.75) is 57.5 Å².